The van der Waals surface area contributed by atoms with E-state index in [1.165, 1.54) is 33.5 Å². The van der Waals surface area contributed by atoms with Crippen molar-refractivity contribution in [2.75, 3.05) is 5.32 Å². The minimum atomic E-state index is 1.13. The zero-order valence-corrected chi connectivity index (χ0v) is 13.9. The normalized spacial score (nSPS) is 11.0. The van der Waals surface area contributed by atoms with E-state index >= 15 is 0 Å². The maximum Gasteiger partial charge on any atom is 0.0470 e. The summed E-state index contributed by atoms with van der Waals surface area (Å²) in [6.45, 7) is 2.22. The largest absolute Gasteiger partial charge is 0.355 e. The van der Waals surface area contributed by atoms with Crippen molar-refractivity contribution < 1.29 is 0 Å². The van der Waals surface area contributed by atoms with Crippen molar-refractivity contribution in [3.63, 3.8) is 0 Å². The van der Waals surface area contributed by atoms with E-state index < -0.39 is 0 Å². The smallest absolute Gasteiger partial charge is 0.0470 e. The van der Waals surface area contributed by atoms with E-state index in [9.17, 15) is 0 Å². The SMILES string of the molecule is CCCc1ccc(Nc2cc3ccccc3c3ccccc23)cc1. The monoisotopic (exact) mass is 311 g/mol. The maximum absolute atomic E-state index is 3.61. The van der Waals surface area contributed by atoms with Crippen molar-refractivity contribution in [2.24, 2.45) is 0 Å². The van der Waals surface area contributed by atoms with Crippen LogP contribution in [0.3, 0.4) is 0 Å². The van der Waals surface area contributed by atoms with Gasteiger partial charge >= 0.3 is 0 Å². The van der Waals surface area contributed by atoms with Gasteiger partial charge in [0, 0.05) is 16.8 Å². The van der Waals surface area contributed by atoms with Crippen LogP contribution in [0.1, 0.15) is 18.9 Å². The molecule has 0 aliphatic rings. The van der Waals surface area contributed by atoms with Crippen LogP contribution in [0.4, 0.5) is 11.4 Å². The summed E-state index contributed by atoms with van der Waals surface area (Å²) >= 11 is 0. The van der Waals surface area contributed by atoms with Crippen molar-refractivity contribution in [3.8, 4) is 0 Å². The highest BCUT2D eigenvalue weighted by atomic mass is 14.9. The van der Waals surface area contributed by atoms with Crippen molar-refractivity contribution in [2.45, 2.75) is 19.8 Å². The number of rotatable bonds is 4. The lowest BCUT2D eigenvalue weighted by molar-refractivity contribution is 0.922. The van der Waals surface area contributed by atoms with Gasteiger partial charge in [-0.1, -0.05) is 74.0 Å². The van der Waals surface area contributed by atoms with E-state index in [0.29, 0.717) is 0 Å². The zero-order chi connectivity index (χ0) is 16.4. The van der Waals surface area contributed by atoms with Gasteiger partial charge < -0.3 is 5.32 Å². The molecule has 0 saturated carbocycles. The third kappa shape index (κ3) is 2.74. The topological polar surface area (TPSA) is 12.0 Å². The minimum Gasteiger partial charge on any atom is -0.355 e. The molecule has 4 rings (SSSR count). The van der Waals surface area contributed by atoms with E-state index in [1.54, 1.807) is 0 Å². The first-order chi connectivity index (χ1) is 11.8. The molecule has 0 saturated heterocycles. The Labute approximate surface area is 142 Å². The van der Waals surface area contributed by atoms with Gasteiger partial charge in [-0.05, 0) is 46.3 Å². The first-order valence-corrected chi connectivity index (χ1v) is 8.61. The van der Waals surface area contributed by atoms with Crippen LogP contribution < -0.4 is 5.32 Å². The fraction of sp³-hybridized carbons (Fsp3) is 0.130. The molecule has 0 atom stereocenters. The summed E-state index contributed by atoms with van der Waals surface area (Å²) in [5.41, 5.74) is 3.69. The van der Waals surface area contributed by atoms with Crippen molar-refractivity contribution >= 4 is 32.9 Å². The molecule has 1 nitrogen and oxygen atoms in total. The third-order valence-corrected chi connectivity index (χ3v) is 4.54. The molecule has 24 heavy (non-hydrogen) atoms. The van der Waals surface area contributed by atoms with E-state index in [1.807, 2.05) is 0 Å². The first kappa shape index (κ1) is 14.8. The average molecular weight is 311 g/mol. The molecule has 0 heterocycles. The first-order valence-electron chi connectivity index (χ1n) is 8.61. The molecular formula is C23H21N. The summed E-state index contributed by atoms with van der Waals surface area (Å²) in [5.74, 6) is 0. The Balaban J connectivity index is 1.80. The van der Waals surface area contributed by atoms with Crippen molar-refractivity contribution in [3.05, 3.63) is 84.4 Å². The Kier molecular flexibility index (Phi) is 3.92. The van der Waals surface area contributed by atoms with Crippen LogP contribution in [0, 0.1) is 0 Å². The Morgan fingerprint density at radius 1 is 0.708 bits per heavy atom. The highest BCUT2D eigenvalue weighted by Crippen LogP contribution is 2.33. The van der Waals surface area contributed by atoms with Gasteiger partial charge in [0.1, 0.15) is 0 Å². The Morgan fingerprint density at radius 2 is 1.38 bits per heavy atom. The number of benzene rings is 4. The van der Waals surface area contributed by atoms with Crippen LogP contribution in [0.15, 0.2) is 78.9 Å². The Morgan fingerprint density at radius 3 is 2.12 bits per heavy atom. The van der Waals surface area contributed by atoms with Crippen LogP contribution in [0.2, 0.25) is 0 Å². The fourth-order valence-electron chi connectivity index (χ4n) is 3.36. The van der Waals surface area contributed by atoms with E-state index in [2.05, 4.69) is 91.1 Å². The molecule has 0 fully saturated rings. The quantitative estimate of drug-likeness (QED) is 0.414. The molecule has 4 aromatic carbocycles. The van der Waals surface area contributed by atoms with Crippen LogP contribution in [0.5, 0.6) is 0 Å². The molecule has 4 aromatic rings. The summed E-state index contributed by atoms with van der Waals surface area (Å²) in [6.07, 6.45) is 2.32. The molecule has 0 aliphatic heterocycles. The summed E-state index contributed by atoms with van der Waals surface area (Å²) in [4.78, 5) is 0. The molecule has 0 aromatic heterocycles. The van der Waals surface area contributed by atoms with Gasteiger partial charge in [0.25, 0.3) is 0 Å². The molecule has 0 bridgehead atoms. The summed E-state index contributed by atoms with van der Waals surface area (Å²) < 4.78 is 0. The predicted molar refractivity (Wildman–Crippen MR) is 105 cm³/mol. The number of aryl methyl sites for hydroxylation is 1. The maximum atomic E-state index is 3.61. The van der Waals surface area contributed by atoms with E-state index in [0.717, 1.165) is 17.8 Å². The van der Waals surface area contributed by atoms with E-state index in [4.69, 9.17) is 0 Å². The van der Waals surface area contributed by atoms with Gasteiger partial charge in [0.05, 0.1) is 0 Å². The predicted octanol–water partition coefficient (Wildman–Crippen LogP) is 6.69. The number of fused-ring (bicyclic) bond motifs is 3. The lowest BCUT2D eigenvalue weighted by Gasteiger charge is -2.13. The lowest BCUT2D eigenvalue weighted by Crippen LogP contribution is -1.93. The van der Waals surface area contributed by atoms with Gasteiger partial charge in [0.15, 0.2) is 0 Å². The number of hydrogen-bond acceptors (Lipinski definition) is 1. The molecule has 0 spiro atoms. The van der Waals surface area contributed by atoms with Crippen LogP contribution in [0.25, 0.3) is 21.5 Å². The highest BCUT2D eigenvalue weighted by molar-refractivity contribution is 6.13. The van der Waals surface area contributed by atoms with Gasteiger partial charge in [-0.25, -0.2) is 0 Å². The molecule has 0 unspecified atom stereocenters. The lowest BCUT2D eigenvalue weighted by atomic mass is 10.00. The van der Waals surface area contributed by atoms with Gasteiger partial charge in [-0.15, -0.1) is 0 Å². The highest BCUT2D eigenvalue weighted by Gasteiger charge is 2.06. The number of hydrogen-bond donors (Lipinski definition) is 1. The van der Waals surface area contributed by atoms with Gasteiger partial charge in [-0.3, -0.25) is 0 Å². The second-order valence-electron chi connectivity index (χ2n) is 6.26. The van der Waals surface area contributed by atoms with Crippen LogP contribution >= 0.6 is 0 Å². The summed E-state index contributed by atoms with van der Waals surface area (Å²) in [6, 6.07) is 28.2. The molecular weight excluding hydrogens is 290 g/mol. The standard InChI is InChI=1S/C23H21N/c1-2-7-17-12-14-19(15-13-17)24-23-16-18-8-3-4-9-20(18)21-10-5-6-11-22(21)23/h3-6,8-16,24H,2,7H2,1H3. The fourth-order valence-corrected chi connectivity index (χ4v) is 3.36. The zero-order valence-electron chi connectivity index (χ0n) is 13.9. The second-order valence-corrected chi connectivity index (χ2v) is 6.26. The molecule has 0 radical (unpaired) electrons. The average Bonchev–Trinajstić information content (AvgIpc) is 2.64. The second kappa shape index (κ2) is 6.37. The van der Waals surface area contributed by atoms with Crippen molar-refractivity contribution in [1.29, 1.82) is 0 Å². The van der Waals surface area contributed by atoms with Gasteiger partial charge in [0.2, 0.25) is 0 Å². The molecule has 0 aliphatic carbocycles. The minimum absolute atomic E-state index is 1.13. The molecule has 118 valence electrons. The molecule has 1 heteroatoms. The Hall–Kier alpha value is -2.80. The molecule has 0 amide bonds. The van der Waals surface area contributed by atoms with E-state index in [-0.39, 0.29) is 0 Å². The van der Waals surface area contributed by atoms with Crippen LogP contribution in [-0.2, 0) is 6.42 Å². The Bertz CT molecular complexity index is 984. The van der Waals surface area contributed by atoms with Gasteiger partial charge in [-0.2, -0.15) is 0 Å². The number of nitrogens with one attached hydrogen (secondary N) is 1. The molecule has 1 N–H and O–H groups in total. The van der Waals surface area contributed by atoms with Crippen LogP contribution in [-0.4, -0.2) is 0 Å². The third-order valence-electron chi connectivity index (χ3n) is 4.54. The summed E-state index contributed by atoms with van der Waals surface area (Å²) in [5, 5.41) is 8.73. The number of anilines is 2. The summed E-state index contributed by atoms with van der Waals surface area (Å²) in [7, 11) is 0. The van der Waals surface area contributed by atoms with Crippen molar-refractivity contribution in [1.82, 2.24) is 0 Å².